The maximum Gasteiger partial charge on any atom is 0.416 e. The zero-order valence-electron chi connectivity index (χ0n) is 17.2. The van der Waals surface area contributed by atoms with Crippen LogP contribution in [0.2, 0.25) is 0 Å². The number of fused-ring (bicyclic) bond motifs is 1. The molecule has 0 saturated carbocycles. The molecule has 0 aliphatic carbocycles. The SMILES string of the molecule is CC1c2ccc(Oc3ncccc3F)cc2OC(=O)N1Cc1ccnc(NCCN)c1F. The number of aromatic nitrogens is 2. The van der Waals surface area contributed by atoms with Crippen LogP contribution in [-0.4, -0.2) is 34.1 Å². The van der Waals surface area contributed by atoms with Gasteiger partial charge in [-0.3, -0.25) is 4.90 Å². The van der Waals surface area contributed by atoms with Crippen molar-refractivity contribution in [3.05, 3.63) is 71.6 Å². The van der Waals surface area contributed by atoms with E-state index in [1.165, 1.54) is 41.6 Å². The van der Waals surface area contributed by atoms with Gasteiger partial charge in [-0.1, -0.05) is 0 Å². The van der Waals surface area contributed by atoms with Crippen LogP contribution in [-0.2, 0) is 6.54 Å². The largest absolute Gasteiger partial charge is 0.436 e. The minimum atomic E-state index is -0.640. The van der Waals surface area contributed by atoms with E-state index in [1.54, 1.807) is 12.1 Å². The van der Waals surface area contributed by atoms with Gasteiger partial charge in [0.2, 0.25) is 0 Å². The molecule has 166 valence electrons. The number of amides is 1. The van der Waals surface area contributed by atoms with E-state index in [0.717, 1.165) is 0 Å². The summed E-state index contributed by atoms with van der Waals surface area (Å²) in [7, 11) is 0. The van der Waals surface area contributed by atoms with Crippen LogP contribution in [0.25, 0.3) is 0 Å². The fraction of sp³-hybridized carbons (Fsp3) is 0.227. The number of benzene rings is 1. The third-order valence-electron chi connectivity index (χ3n) is 5.02. The highest BCUT2D eigenvalue weighted by molar-refractivity contribution is 5.75. The Morgan fingerprint density at radius 2 is 2.06 bits per heavy atom. The van der Waals surface area contributed by atoms with Crippen LogP contribution in [0.4, 0.5) is 19.4 Å². The summed E-state index contributed by atoms with van der Waals surface area (Å²) in [5, 5.41) is 2.82. The quantitative estimate of drug-likeness (QED) is 0.571. The first-order chi connectivity index (χ1) is 15.5. The van der Waals surface area contributed by atoms with Gasteiger partial charge in [-0.25, -0.2) is 23.5 Å². The number of carbonyl (C=O) groups excluding carboxylic acids is 1. The number of anilines is 1. The molecule has 1 aliphatic heterocycles. The lowest BCUT2D eigenvalue weighted by Crippen LogP contribution is -2.39. The molecule has 3 N–H and O–H groups in total. The van der Waals surface area contributed by atoms with Crippen LogP contribution in [0.15, 0.2) is 48.8 Å². The molecule has 0 radical (unpaired) electrons. The number of rotatable bonds is 7. The number of nitrogens with zero attached hydrogens (tertiary/aromatic N) is 3. The second-order valence-electron chi connectivity index (χ2n) is 7.11. The summed E-state index contributed by atoms with van der Waals surface area (Å²) < 4.78 is 39.5. The first-order valence-electron chi connectivity index (χ1n) is 9.96. The minimum Gasteiger partial charge on any atom is -0.436 e. The van der Waals surface area contributed by atoms with E-state index in [1.807, 2.05) is 6.92 Å². The van der Waals surface area contributed by atoms with Gasteiger partial charge in [0.15, 0.2) is 17.5 Å². The van der Waals surface area contributed by atoms with E-state index < -0.39 is 23.8 Å². The predicted molar refractivity (Wildman–Crippen MR) is 112 cm³/mol. The second kappa shape index (κ2) is 9.15. The van der Waals surface area contributed by atoms with Crippen LogP contribution in [0.1, 0.15) is 24.1 Å². The molecule has 8 nitrogen and oxygen atoms in total. The summed E-state index contributed by atoms with van der Waals surface area (Å²) in [6.07, 6.45) is 2.23. The lowest BCUT2D eigenvalue weighted by Gasteiger charge is -2.34. The van der Waals surface area contributed by atoms with E-state index in [2.05, 4.69) is 15.3 Å². The van der Waals surface area contributed by atoms with E-state index in [-0.39, 0.29) is 35.3 Å². The highest BCUT2D eigenvalue weighted by Gasteiger charge is 2.32. The van der Waals surface area contributed by atoms with Gasteiger partial charge in [0.1, 0.15) is 11.5 Å². The van der Waals surface area contributed by atoms with E-state index in [4.69, 9.17) is 15.2 Å². The number of hydrogen-bond acceptors (Lipinski definition) is 7. The zero-order chi connectivity index (χ0) is 22.7. The fourth-order valence-corrected chi connectivity index (χ4v) is 3.35. The van der Waals surface area contributed by atoms with Gasteiger partial charge >= 0.3 is 6.09 Å². The molecule has 1 unspecified atom stereocenters. The Bertz CT molecular complexity index is 1140. The number of ether oxygens (including phenoxy) is 2. The molecule has 1 aliphatic rings. The Kier molecular flexibility index (Phi) is 6.13. The second-order valence-corrected chi connectivity index (χ2v) is 7.11. The Morgan fingerprint density at radius 1 is 1.22 bits per heavy atom. The highest BCUT2D eigenvalue weighted by Crippen LogP contribution is 2.39. The maximum atomic E-state index is 14.8. The first-order valence-corrected chi connectivity index (χ1v) is 9.96. The molecule has 0 bridgehead atoms. The Labute approximate surface area is 183 Å². The fourth-order valence-electron chi connectivity index (χ4n) is 3.35. The highest BCUT2D eigenvalue weighted by atomic mass is 19.1. The lowest BCUT2D eigenvalue weighted by atomic mass is 10.0. The number of nitrogens with one attached hydrogen (secondary N) is 1. The van der Waals surface area contributed by atoms with Gasteiger partial charge < -0.3 is 20.5 Å². The summed E-state index contributed by atoms with van der Waals surface area (Å²) in [5.74, 6) is -0.709. The van der Waals surface area contributed by atoms with E-state index >= 15 is 0 Å². The minimum absolute atomic E-state index is 0.0114. The molecule has 1 atom stereocenters. The average molecular weight is 441 g/mol. The lowest BCUT2D eigenvalue weighted by molar-refractivity contribution is 0.116. The van der Waals surface area contributed by atoms with Crippen molar-refractivity contribution in [1.82, 2.24) is 14.9 Å². The molecule has 32 heavy (non-hydrogen) atoms. The molecular weight excluding hydrogens is 420 g/mol. The molecule has 0 fully saturated rings. The summed E-state index contributed by atoms with van der Waals surface area (Å²) >= 11 is 0. The van der Waals surface area contributed by atoms with Crippen molar-refractivity contribution < 1.29 is 23.0 Å². The van der Waals surface area contributed by atoms with Gasteiger partial charge in [0.25, 0.3) is 5.88 Å². The standard InChI is InChI=1S/C22H21F2N5O3/c1-13-16-5-4-15(31-21-17(23)3-2-8-28-21)11-18(16)32-22(30)29(13)12-14-6-9-26-20(19(14)24)27-10-7-25/h2-6,8-9,11,13H,7,10,12,25H2,1H3,(H,26,27). The first kappa shape index (κ1) is 21.4. The molecule has 0 saturated heterocycles. The van der Waals surface area contributed by atoms with Crippen LogP contribution < -0.4 is 20.5 Å². The van der Waals surface area contributed by atoms with Gasteiger partial charge in [0, 0.05) is 42.7 Å². The van der Waals surface area contributed by atoms with Gasteiger partial charge in [-0.2, -0.15) is 0 Å². The molecule has 10 heteroatoms. The molecule has 2 aromatic heterocycles. The normalized spacial score (nSPS) is 15.2. The Hall–Kier alpha value is -3.79. The average Bonchev–Trinajstić information content (AvgIpc) is 2.78. The summed E-state index contributed by atoms with van der Waals surface area (Å²) in [6.45, 7) is 2.50. The van der Waals surface area contributed by atoms with Crippen molar-refractivity contribution in [1.29, 1.82) is 0 Å². The number of halogens is 2. The third-order valence-corrected chi connectivity index (χ3v) is 5.02. The topological polar surface area (TPSA) is 103 Å². The molecule has 0 spiro atoms. The molecule has 1 amide bonds. The van der Waals surface area contributed by atoms with Crippen molar-refractivity contribution in [3.8, 4) is 17.4 Å². The van der Waals surface area contributed by atoms with Gasteiger partial charge in [-0.15, -0.1) is 0 Å². The summed E-state index contributed by atoms with van der Waals surface area (Å²) in [6, 6.07) is 8.63. The summed E-state index contributed by atoms with van der Waals surface area (Å²) in [5.41, 5.74) is 6.44. The van der Waals surface area contributed by atoms with Crippen molar-refractivity contribution in [2.45, 2.75) is 19.5 Å². The smallest absolute Gasteiger partial charge is 0.416 e. The maximum absolute atomic E-state index is 14.8. The molecule has 3 heterocycles. The van der Waals surface area contributed by atoms with Gasteiger partial charge in [-0.05, 0) is 37.3 Å². The molecular formula is C22H21F2N5O3. The molecule has 4 rings (SSSR count). The van der Waals surface area contributed by atoms with Crippen molar-refractivity contribution >= 4 is 11.9 Å². The summed E-state index contributed by atoms with van der Waals surface area (Å²) in [4.78, 5) is 21.9. The van der Waals surface area contributed by atoms with E-state index in [0.29, 0.717) is 18.7 Å². The molecule has 3 aromatic rings. The number of hydrogen-bond donors (Lipinski definition) is 2. The Balaban J connectivity index is 1.55. The number of nitrogens with two attached hydrogens (primary N) is 1. The molecule has 1 aromatic carbocycles. The monoisotopic (exact) mass is 441 g/mol. The van der Waals surface area contributed by atoms with Gasteiger partial charge in [0.05, 0.1) is 12.6 Å². The number of carbonyl (C=O) groups is 1. The van der Waals surface area contributed by atoms with Crippen molar-refractivity contribution in [3.63, 3.8) is 0 Å². The van der Waals surface area contributed by atoms with Crippen molar-refractivity contribution in [2.24, 2.45) is 5.73 Å². The van der Waals surface area contributed by atoms with Crippen molar-refractivity contribution in [2.75, 3.05) is 18.4 Å². The Morgan fingerprint density at radius 3 is 2.84 bits per heavy atom. The van der Waals surface area contributed by atoms with Crippen LogP contribution in [0.5, 0.6) is 17.4 Å². The predicted octanol–water partition coefficient (Wildman–Crippen LogP) is 3.99. The van der Waals surface area contributed by atoms with Crippen LogP contribution in [0.3, 0.4) is 0 Å². The van der Waals surface area contributed by atoms with Crippen LogP contribution >= 0.6 is 0 Å². The van der Waals surface area contributed by atoms with E-state index in [9.17, 15) is 13.6 Å². The van der Waals surface area contributed by atoms with Crippen LogP contribution in [0, 0.1) is 11.6 Å². The third kappa shape index (κ3) is 4.30. The number of pyridine rings is 2. The zero-order valence-corrected chi connectivity index (χ0v) is 17.2.